The summed E-state index contributed by atoms with van der Waals surface area (Å²) in [6.45, 7) is 6.72. The molecule has 0 amide bonds. The zero-order valence-electron chi connectivity index (χ0n) is 17.5. The second kappa shape index (κ2) is 8.72. The summed E-state index contributed by atoms with van der Waals surface area (Å²) >= 11 is 0. The molecule has 0 saturated carbocycles. The first-order valence-electron chi connectivity index (χ1n) is 10.2. The number of nitrogens with one attached hydrogen (secondary N) is 1. The van der Waals surface area contributed by atoms with Crippen LogP contribution in [0.5, 0.6) is 0 Å². The third-order valence-electron chi connectivity index (χ3n) is 5.79. The Bertz CT molecular complexity index is 1060. The molecule has 1 aliphatic rings. The van der Waals surface area contributed by atoms with Gasteiger partial charge in [0.2, 0.25) is 0 Å². The molecule has 0 atom stereocenters. The number of benzene rings is 3. The standard InChI is InChI=1S/C26H29N2.HI/c1-5-6-15-23-25-22-16-11-10-12-20(22)17-18-24(25)28(3,4)26(23)19(2)27-21-13-8-7-9-14-21;/h7-14,16-18,27H,2,5-6,15H2,1,3-4H3;1H/q+1;/p-1. The van der Waals surface area contributed by atoms with E-state index in [0.29, 0.717) is 0 Å². The van der Waals surface area contributed by atoms with Gasteiger partial charge in [0.1, 0.15) is 5.69 Å². The van der Waals surface area contributed by atoms with Crippen molar-refractivity contribution in [2.75, 3.05) is 19.4 Å². The smallest absolute Gasteiger partial charge is 0.164 e. The molecule has 2 nitrogen and oxygen atoms in total. The van der Waals surface area contributed by atoms with Crippen LogP contribution < -0.4 is 33.8 Å². The lowest BCUT2D eigenvalue weighted by molar-refractivity contribution is -0.00000568. The lowest BCUT2D eigenvalue weighted by Crippen LogP contribution is -3.00. The number of anilines is 1. The fraction of sp³-hybridized carbons (Fsp3) is 0.231. The lowest BCUT2D eigenvalue weighted by Gasteiger charge is -2.29. The van der Waals surface area contributed by atoms with Crippen LogP contribution in [0.25, 0.3) is 16.3 Å². The quantitative estimate of drug-likeness (QED) is 0.403. The molecule has 4 rings (SSSR count). The van der Waals surface area contributed by atoms with Crippen LogP contribution in [0.3, 0.4) is 0 Å². The van der Waals surface area contributed by atoms with Gasteiger partial charge in [0, 0.05) is 17.3 Å². The van der Waals surface area contributed by atoms with E-state index in [4.69, 9.17) is 0 Å². The maximum atomic E-state index is 4.46. The Morgan fingerprint density at radius 3 is 2.34 bits per heavy atom. The SMILES string of the molecule is C=C(Nc1ccccc1)C1=C(CCCC)c2c(ccc3ccccc23)[N+]1(C)C.[I-]. The van der Waals surface area contributed by atoms with E-state index >= 15 is 0 Å². The topological polar surface area (TPSA) is 12.0 Å². The summed E-state index contributed by atoms with van der Waals surface area (Å²) in [5.41, 5.74) is 7.56. The van der Waals surface area contributed by atoms with Gasteiger partial charge in [-0.25, -0.2) is 0 Å². The van der Waals surface area contributed by atoms with Crippen molar-refractivity contribution in [2.45, 2.75) is 26.2 Å². The van der Waals surface area contributed by atoms with E-state index < -0.39 is 0 Å². The zero-order valence-corrected chi connectivity index (χ0v) is 19.7. The van der Waals surface area contributed by atoms with Crippen molar-refractivity contribution in [3.63, 3.8) is 0 Å². The second-order valence-electron chi connectivity index (χ2n) is 8.03. The van der Waals surface area contributed by atoms with Crippen molar-refractivity contribution in [3.05, 3.63) is 90.3 Å². The van der Waals surface area contributed by atoms with Crippen molar-refractivity contribution in [3.8, 4) is 0 Å². The molecule has 0 aromatic heterocycles. The largest absolute Gasteiger partial charge is 1.00 e. The van der Waals surface area contributed by atoms with Gasteiger partial charge in [-0.05, 0) is 41.8 Å². The van der Waals surface area contributed by atoms with E-state index in [1.54, 1.807) is 0 Å². The van der Waals surface area contributed by atoms with E-state index in [0.717, 1.165) is 22.3 Å². The first kappa shape index (κ1) is 21.6. The average Bonchev–Trinajstić information content (AvgIpc) is 2.94. The van der Waals surface area contributed by atoms with Gasteiger partial charge in [0.25, 0.3) is 0 Å². The first-order chi connectivity index (χ1) is 13.5. The van der Waals surface area contributed by atoms with E-state index in [9.17, 15) is 0 Å². The van der Waals surface area contributed by atoms with Crippen molar-refractivity contribution < 1.29 is 24.0 Å². The minimum atomic E-state index is 0. The number of para-hydroxylation sites is 1. The molecule has 0 saturated heterocycles. The molecule has 0 spiro atoms. The van der Waals surface area contributed by atoms with Crippen molar-refractivity contribution in [1.82, 2.24) is 4.48 Å². The Morgan fingerprint density at radius 2 is 1.62 bits per heavy atom. The average molecular weight is 496 g/mol. The van der Waals surface area contributed by atoms with Crippen LogP contribution >= 0.6 is 0 Å². The highest BCUT2D eigenvalue weighted by molar-refractivity contribution is 6.03. The Labute approximate surface area is 191 Å². The minimum absolute atomic E-state index is 0. The van der Waals surface area contributed by atoms with Gasteiger partial charge < -0.3 is 29.3 Å². The number of unbranched alkanes of at least 4 members (excludes halogenated alkanes) is 1. The molecular formula is C26H29IN2. The number of likely N-dealkylation sites (N-methyl/N-ethyl adjacent to an activating group) is 1. The predicted molar refractivity (Wildman–Crippen MR) is 123 cm³/mol. The molecule has 0 fully saturated rings. The van der Waals surface area contributed by atoms with Gasteiger partial charge in [-0.1, -0.05) is 62.4 Å². The Kier molecular flexibility index (Phi) is 6.49. The predicted octanol–water partition coefficient (Wildman–Crippen LogP) is 3.95. The molecule has 3 heteroatoms. The van der Waals surface area contributed by atoms with Gasteiger partial charge in [-0.3, -0.25) is 4.48 Å². The number of nitrogens with zero attached hydrogens (tertiary/aromatic N) is 1. The highest BCUT2D eigenvalue weighted by Gasteiger charge is 2.41. The Hall–Kier alpha value is -2.11. The van der Waals surface area contributed by atoms with Crippen LogP contribution in [0.15, 0.2) is 84.7 Å². The van der Waals surface area contributed by atoms with Crippen LogP contribution in [0.2, 0.25) is 0 Å². The van der Waals surface area contributed by atoms with Crippen LogP contribution in [0.1, 0.15) is 31.7 Å². The lowest BCUT2D eigenvalue weighted by atomic mass is 9.94. The Morgan fingerprint density at radius 1 is 0.931 bits per heavy atom. The number of halogens is 1. The van der Waals surface area contributed by atoms with Crippen LogP contribution in [-0.2, 0) is 0 Å². The fourth-order valence-electron chi connectivity index (χ4n) is 4.49. The van der Waals surface area contributed by atoms with Gasteiger partial charge in [0.05, 0.1) is 25.4 Å². The van der Waals surface area contributed by atoms with Crippen LogP contribution in [0.4, 0.5) is 11.4 Å². The minimum Gasteiger partial charge on any atom is -1.00 e. The molecular weight excluding hydrogens is 467 g/mol. The van der Waals surface area contributed by atoms with Gasteiger partial charge >= 0.3 is 0 Å². The number of allylic oxidation sites excluding steroid dienone is 1. The molecule has 1 N–H and O–H groups in total. The number of rotatable bonds is 6. The summed E-state index contributed by atoms with van der Waals surface area (Å²) in [6, 6.07) is 23.6. The maximum Gasteiger partial charge on any atom is 0.164 e. The van der Waals surface area contributed by atoms with Crippen molar-refractivity contribution in [1.29, 1.82) is 0 Å². The molecule has 3 aromatic carbocycles. The first-order valence-corrected chi connectivity index (χ1v) is 10.2. The summed E-state index contributed by atoms with van der Waals surface area (Å²) in [7, 11) is 4.56. The van der Waals surface area contributed by atoms with Gasteiger partial charge in [-0.2, -0.15) is 0 Å². The monoisotopic (exact) mass is 496 g/mol. The summed E-state index contributed by atoms with van der Waals surface area (Å²) in [5, 5.41) is 6.21. The van der Waals surface area contributed by atoms with Crippen LogP contribution in [-0.4, -0.2) is 14.1 Å². The molecule has 150 valence electrons. The van der Waals surface area contributed by atoms with E-state index in [1.165, 1.54) is 46.1 Å². The molecule has 1 heterocycles. The van der Waals surface area contributed by atoms with E-state index in [2.05, 4.69) is 93.6 Å². The third kappa shape index (κ3) is 3.86. The molecule has 1 aliphatic heterocycles. The van der Waals surface area contributed by atoms with Crippen molar-refractivity contribution in [2.24, 2.45) is 0 Å². The molecule has 3 aromatic rings. The molecule has 0 bridgehead atoms. The third-order valence-corrected chi connectivity index (χ3v) is 5.79. The van der Waals surface area contributed by atoms with Crippen molar-refractivity contribution >= 4 is 27.7 Å². The molecule has 0 unspecified atom stereocenters. The summed E-state index contributed by atoms with van der Waals surface area (Å²) in [5.74, 6) is 0. The summed E-state index contributed by atoms with van der Waals surface area (Å²) < 4.78 is 0.720. The fourth-order valence-corrected chi connectivity index (χ4v) is 4.49. The van der Waals surface area contributed by atoms with Gasteiger partial charge in [-0.15, -0.1) is 0 Å². The number of quaternary nitrogens is 1. The molecule has 29 heavy (non-hydrogen) atoms. The maximum absolute atomic E-state index is 4.46. The van der Waals surface area contributed by atoms with E-state index in [1.807, 2.05) is 6.07 Å². The normalized spacial score (nSPS) is 14.4. The van der Waals surface area contributed by atoms with Gasteiger partial charge in [0.15, 0.2) is 5.70 Å². The highest BCUT2D eigenvalue weighted by Crippen LogP contribution is 2.50. The number of fused-ring (bicyclic) bond motifs is 3. The Balaban J connectivity index is 0.00000240. The molecule has 0 radical (unpaired) electrons. The zero-order chi connectivity index (χ0) is 19.7. The molecule has 0 aliphatic carbocycles. The highest BCUT2D eigenvalue weighted by atomic mass is 127. The second-order valence-corrected chi connectivity index (χ2v) is 8.03. The summed E-state index contributed by atoms with van der Waals surface area (Å²) in [6.07, 6.45) is 3.44. The summed E-state index contributed by atoms with van der Waals surface area (Å²) in [4.78, 5) is 0. The number of hydrogen-bond acceptors (Lipinski definition) is 1. The van der Waals surface area contributed by atoms with Crippen LogP contribution in [0, 0.1) is 0 Å². The number of hydrogen-bond donors (Lipinski definition) is 1. The van der Waals surface area contributed by atoms with E-state index in [-0.39, 0.29) is 24.0 Å².